The Balaban J connectivity index is 0.000000668. The fraction of sp³-hybridized carbons (Fsp3) is 0.370. The van der Waals surface area contributed by atoms with E-state index < -0.39 is 0 Å². The molecule has 0 aliphatic carbocycles. The van der Waals surface area contributed by atoms with Gasteiger partial charge in [-0.25, -0.2) is 15.0 Å². The molecule has 5 heteroatoms. The molecule has 3 aromatic heterocycles. The maximum absolute atomic E-state index is 5.83. The van der Waals surface area contributed by atoms with Crippen molar-refractivity contribution in [2.24, 2.45) is 5.73 Å². The van der Waals surface area contributed by atoms with Gasteiger partial charge in [0.2, 0.25) is 0 Å². The summed E-state index contributed by atoms with van der Waals surface area (Å²) in [7, 11) is 0. The number of pyridine rings is 1. The van der Waals surface area contributed by atoms with Crippen molar-refractivity contribution in [3.05, 3.63) is 71.8 Å². The van der Waals surface area contributed by atoms with Gasteiger partial charge in [0.1, 0.15) is 11.5 Å². The van der Waals surface area contributed by atoms with E-state index in [9.17, 15) is 0 Å². The molecule has 0 unspecified atom stereocenters. The molecule has 1 aromatic carbocycles. The highest BCUT2D eigenvalue weighted by Crippen LogP contribution is 2.32. The summed E-state index contributed by atoms with van der Waals surface area (Å²) in [6.45, 7) is 9.12. The van der Waals surface area contributed by atoms with Gasteiger partial charge >= 0.3 is 0 Å². The highest BCUT2D eigenvalue weighted by molar-refractivity contribution is 5.80. The fourth-order valence-corrected chi connectivity index (χ4v) is 3.36. The van der Waals surface area contributed by atoms with Crippen LogP contribution < -0.4 is 5.73 Å². The second kappa shape index (κ2) is 11.5. The molecule has 0 bridgehead atoms. The SMILES string of the molecule is CCCC.CCCCc1nccc(-c2c(-c3ccc(C)cc3)nc3cc(CN)ccn23)n1. The van der Waals surface area contributed by atoms with Crippen molar-refractivity contribution >= 4 is 5.65 Å². The molecule has 5 nitrogen and oxygen atoms in total. The second-order valence-corrected chi connectivity index (χ2v) is 8.10. The number of hydrogen-bond acceptors (Lipinski definition) is 4. The molecule has 0 atom stereocenters. The summed E-state index contributed by atoms with van der Waals surface area (Å²) in [5.41, 5.74) is 12.9. The number of rotatable bonds is 7. The number of aromatic nitrogens is 4. The van der Waals surface area contributed by atoms with Crippen LogP contribution in [0, 0.1) is 6.92 Å². The number of nitrogens with two attached hydrogens (primary N) is 1. The average Bonchev–Trinajstić information content (AvgIpc) is 3.22. The molecular weight excluding hydrogens is 394 g/mol. The van der Waals surface area contributed by atoms with Crippen LogP contribution in [0.25, 0.3) is 28.3 Å². The largest absolute Gasteiger partial charge is 0.326 e. The van der Waals surface area contributed by atoms with E-state index >= 15 is 0 Å². The van der Waals surface area contributed by atoms with E-state index in [2.05, 4.69) is 61.3 Å². The zero-order valence-corrected chi connectivity index (χ0v) is 19.8. The molecule has 0 aliphatic heterocycles. The summed E-state index contributed by atoms with van der Waals surface area (Å²) in [6, 6.07) is 14.5. The maximum atomic E-state index is 5.83. The molecule has 0 amide bonds. The first-order valence-electron chi connectivity index (χ1n) is 11.7. The molecule has 4 rings (SSSR count). The summed E-state index contributed by atoms with van der Waals surface area (Å²) in [5.74, 6) is 0.878. The molecule has 0 fully saturated rings. The van der Waals surface area contributed by atoms with Crippen LogP contribution in [0.15, 0.2) is 54.9 Å². The van der Waals surface area contributed by atoms with Gasteiger partial charge in [-0.3, -0.25) is 4.40 Å². The van der Waals surface area contributed by atoms with Crippen LogP contribution in [0.3, 0.4) is 0 Å². The molecule has 0 spiro atoms. The molecule has 4 aromatic rings. The van der Waals surface area contributed by atoms with E-state index in [4.69, 9.17) is 15.7 Å². The standard InChI is InChI=1S/C23H25N5.C4H10/c1-3-4-5-20-25-12-10-19(26-20)23-22(18-8-6-16(2)7-9-18)27-21-14-17(15-24)11-13-28(21)23;1-3-4-2/h6-14H,3-5,15,24H2,1-2H3;3-4H2,1-2H3. The Morgan fingerprint density at radius 1 is 0.906 bits per heavy atom. The maximum Gasteiger partial charge on any atom is 0.138 e. The van der Waals surface area contributed by atoms with E-state index in [0.717, 1.165) is 58.9 Å². The van der Waals surface area contributed by atoms with Gasteiger partial charge in [-0.05, 0) is 37.1 Å². The fourth-order valence-electron chi connectivity index (χ4n) is 3.36. The lowest BCUT2D eigenvalue weighted by Crippen LogP contribution is -2.00. The zero-order valence-electron chi connectivity index (χ0n) is 19.8. The summed E-state index contributed by atoms with van der Waals surface area (Å²) < 4.78 is 2.10. The number of aryl methyl sites for hydroxylation is 2. The number of fused-ring (bicyclic) bond motifs is 1. The predicted octanol–water partition coefficient (Wildman–Crippen LogP) is 6.37. The van der Waals surface area contributed by atoms with Crippen LogP contribution in [-0.2, 0) is 13.0 Å². The van der Waals surface area contributed by atoms with Gasteiger partial charge < -0.3 is 5.73 Å². The van der Waals surface area contributed by atoms with Gasteiger partial charge in [0, 0.05) is 30.9 Å². The lowest BCUT2D eigenvalue weighted by Gasteiger charge is -2.07. The highest BCUT2D eigenvalue weighted by Gasteiger charge is 2.18. The van der Waals surface area contributed by atoms with Crippen molar-refractivity contribution in [3.8, 4) is 22.6 Å². The summed E-state index contributed by atoms with van der Waals surface area (Å²) >= 11 is 0. The van der Waals surface area contributed by atoms with Crippen molar-refractivity contribution < 1.29 is 0 Å². The highest BCUT2D eigenvalue weighted by atomic mass is 15.0. The Bertz CT molecular complexity index is 1130. The van der Waals surface area contributed by atoms with Crippen LogP contribution in [-0.4, -0.2) is 19.4 Å². The molecule has 2 N–H and O–H groups in total. The topological polar surface area (TPSA) is 69.1 Å². The van der Waals surface area contributed by atoms with Crippen LogP contribution in [0.2, 0.25) is 0 Å². The average molecular weight is 430 g/mol. The molecule has 0 aliphatic rings. The molecule has 3 heterocycles. The molecule has 168 valence electrons. The van der Waals surface area contributed by atoms with Gasteiger partial charge in [-0.1, -0.05) is 69.9 Å². The van der Waals surface area contributed by atoms with Crippen LogP contribution in [0.1, 0.15) is 63.4 Å². The lowest BCUT2D eigenvalue weighted by atomic mass is 10.1. The zero-order chi connectivity index (χ0) is 22.9. The van der Waals surface area contributed by atoms with E-state index in [1.165, 1.54) is 18.4 Å². The first-order valence-corrected chi connectivity index (χ1v) is 11.7. The smallest absolute Gasteiger partial charge is 0.138 e. The molecular formula is C27H35N5. The van der Waals surface area contributed by atoms with Gasteiger partial charge in [-0.15, -0.1) is 0 Å². The second-order valence-electron chi connectivity index (χ2n) is 8.10. The lowest BCUT2D eigenvalue weighted by molar-refractivity contribution is 0.753. The number of imidazole rings is 1. The van der Waals surface area contributed by atoms with Crippen molar-refractivity contribution in [1.29, 1.82) is 0 Å². The number of benzene rings is 1. The first kappa shape index (κ1) is 23.6. The van der Waals surface area contributed by atoms with Gasteiger partial charge in [0.25, 0.3) is 0 Å². The first-order chi connectivity index (χ1) is 15.6. The Morgan fingerprint density at radius 3 is 2.31 bits per heavy atom. The minimum atomic E-state index is 0.493. The van der Waals surface area contributed by atoms with E-state index in [-0.39, 0.29) is 0 Å². The van der Waals surface area contributed by atoms with Crippen LogP contribution >= 0.6 is 0 Å². The Kier molecular flexibility index (Phi) is 8.51. The molecule has 32 heavy (non-hydrogen) atoms. The third-order valence-electron chi connectivity index (χ3n) is 5.45. The summed E-state index contributed by atoms with van der Waals surface area (Å²) in [6.07, 6.45) is 9.62. The third-order valence-corrected chi connectivity index (χ3v) is 5.45. The van der Waals surface area contributed by atoms with Crippen molar-refractivity contribution in [2.75, 3.05) is 0 Å². The monoisotopic (exact) mass is 429 g/mol. The van der Waals surface area contributed by atoms with Crippen molar-refractivity contribution in [1.82, 2.24) is 19.4 Å². The molecule has 0 radical (unpaired) electrons. The van der Waals surface area contributed by atoms with Gasteiger partial charge in [0.15, 0.2) is 0 Å². The van der Waals surface area contributed by atoms with Crippen LogP contribution in [0.4, 0.5) is 0 Å². The van der Waals surface area contributed by atoms with Crippen molar-refractivity contribution in [3.63, 3.8) is 0 Å². The van der Waals surface area contributed by atoms with Gasteiger partial charge in [0.05, 0.1) is 17.1 Å². The summed E-state index contributed by atoms with van der Waals surface area (Å²) in [5, 5.41) is 0. The van der Waals surface area contributed by atoms with E-state index in [1.807, 2.05) is 30.6 Å². The minimum absolute atomic E-state index is 0.493. The van der Waals surface area contributed by atoms with E-state index in [0.29, 0.717) is 6.54 Å². The van der Waals surface area contributed by atoms with Gasteiger partial charge in [-0.2, -0.15) is 0 Å². The van der Waals surface area contributed by atoms with Crippen LogP contribution in [0.5, 0.6) is 0 Å². The minimum Gasteiger partial charge on any atom is -0.326 e. The Hall–Kier alpha value is -3.05. The van der Waals surface area contributed by atoms with E-state index in [1.54, 1.807) is 0 Å². The molecule has 0 saturated heterocycles. The Labute approximate surface area is 191 Å². The third kappa shape index (κ3) is 5.60. The number of hydrogen-bond donors (Lipinski definition) is 1. The quantitative estimate of drug-likeness (QED) is 0.370. The normalized spacial score (nSPS) is 10.8. The van der Waals surface area contributed by atoms with Crippen molar-refractivity contribution in [2.45, 2.75) is 66.3 Å². The number of unbranched alkanes of at least 4 members (excludes halogenated alkanes) is 2. The Morgan fingerprint density at radius 2 is 1.66 bits per heavy atom. The predicted molar refractivity (Wildman–Crippen MR) is 133 cm³/mol. The number of nitrogens with zero attached hydrogens (tertiary/aromatic N) is 4. The summed E-state index contributed by atoms with van der Waals surface area (Å²) in [4.78, 5) is 14.2. The molecule has 0 saturated carbocycles.